The third kappa shape index (κ3) is 3.72. The van der Waals surface area contributed by atoms with Crippen molar-refractivity contribution >= 4 is 28.3 Å². The van der Waals surface area contributed by atoms with Crippen LogP contribution >= 0.6 is 0 Å². The molecule has 0 spiro atoms. The molecular weight excluding hydrogens is 342 g/mol. The van der Waals surface area contributed by atoms with Gasteiger partial charge in [-0.25, -0.2) is 0 Å². The largest absolute Gasteiger partial charge is 0.497 e. The number of furan rings is 1. The number of ether oxygens (including phenoxy) is 1. The summed E-state index contributed by atoms with van der Waals surface area (Å²) in [4.78, 5) is 25.0. The van der Waals surface area contributed by atoms with Gasteiger partial charge < -0.3 is 14.5 Å². The Balaban J connectivity index is 1.94. The van der Waals surface area contributed by atoms with Gasteiger partial charge in [0, 0.05) is 33.7 Å². The quantitative estimate of drug-likeness (QED) is 0.663. The number of aryl methyl sites for hydroxylation is 1. The summed E-state index contributed by atoms with van der Waals surface area (Å²) in [5, 5.41) is 3.73. The molecule has 140 valence electrons. The zero-order valence-corrected chi connectivity index (χ0v) is 16.2. The fourth-order valence-electron chi connectivity index (χ4n) is 2.71. The van der Waals surface area contributed by atoms with Crippen molar-refractivity contribution in [1.82, 2.24) is 0 Å². The Hall–Kier alpha value is -3.08. The number of fused-ring (bicyclic) bond motifs is 1. The molecule has 0 saturated heterocycles. The van der Waals surface area contributed by atoms with Gasteiger partial charge >= 0.3 is 0 Å². The first kappa shape index (κ1) is 18.7. The molecule has 27 heavy (non-hydrogen) atoms. The Morgan fingerprint density at radius 1 is 1.04 bits per heavy atom. The summed E-state index contributed by atoms with van der Waals surface area (Å²) >= 11 is 0. The van der Waals surface area contributed by atoms with Gasteiger partial charge in [0.05, 0.1) is 7.11 Å². The standard InChI is InChI=1S/C22H23NO4/c1-13-17-11-8-15(23-21(25)22(2,3)4)12-18(17)27-20(13)19(24)14-6-9-16(26-5)10-7-14/h6-12H,1-5H3,(H,23,25). The van der Waals surface area contributed by atoms with Crippen LogP contribution in [0, 0.1) is 12.3 Å². The predicted octanol–water partition coefficient (Wildman–Crippen LogP) is 4.97. The van der Waals surface area contributed by atoms with Crippen LogP contribution in [0.25, 0.3) is 11.0 Å². The third-order valence-corrected chi connectivity index (χ3v) is 4.44. The van der Waals surface area contributed by atoms with Crippen molar-refractivity contribution in [2.45, 2.75) is 27.7 Å². The molecule has 5 heteroatoms. The van der Waals surface area contributed by atoms with E-state index >= 15 is 0 Å². The van der Waals surface area contributed by atoms with Crippen molar-refractivity contribution < 1.29 is 18.7 Å². The summed E-state index contributed by atoms with van der Waals surface area (Å²) in [5.74, 6) is 0.716. The van der Waals surface area contributed by atoms with E-state index in [4.69, 9.17) is 9.15 Å². The van der Waals surface area contributed by atoms with Crippen LogP contribution in [0.1, 0.15) is 42.5 Å². The maximum absolute atomic E-state index is 12.8. The maximum Gasteiger partial charge on any atom is 0.229 e. The molecule has 0 unspecified atom stereocenters. The minimum absolute atomic E-state index is 0.0836. The van der Waals surface area contributed by atoms with Crippen LogP contribution in [0.4, 0.5) is 5.69 Å². The van der Waals surface area contributed by atoms with E-state index in [-0.39, 0.29) is 11.7 Å². The molecule has 1 heterocycles. The fourth-order valence-corrected chi connectivity index (χ4v) is 2.71. The van der Waals surface area contributed by atoms with Crippen molar-refractivity contribution in [3.8, 4) is 5.75 Å². The van der Waals surface area contributed by atoms with E-state index in [0.29, 0.717) is 28.3 Å². The third-order valence-electron chi connectivity index (χ3n) is 4.44. The van der Waals surface area contributed by atoms with Gasteiger partial charge in [0.25, 0.3) is 0 Å². The summed E-state index contributed by atoms with van der Waals surface area (Å²) in [7, 11) is 1.58. The maximum atomic E-state index is 12.8. The number of methoxy groups -OCH3 is 1. The normalized spacial score (nSPS) is 11.4. The molecule has 0 saturated carbocycles. The van der Waals surface area contributed by atoms with Gasteiger partial charge in [-0.15, -0.1) is 0 Å². The molecule has 3 aromatic rings. The van der Waals surface area contributed by atoms with Crippen LogP contribution in [0.2, 0.25) is 0 Å². The molecule has 0 aliphatic carbocycles. The van der Waals surface area contributed by atoms with Crippen LogP contribution < -0.4 is 10.1 Å². The van der Waals surface area contributed by atoms with E-state index in [1.807, 2.05) is 39.8 Å². The molecule has 1 amide bonds. The minimum Gasteiger partial charge on any atom is -0.497 e. The number of ketones is 1. The molecule has 1 N–H and O–H groups in total. The number of rotatable bonds is 4. The highest BCUT2D eigenvalue weighted by molar-refractivity contribution is 6.10. The predicted molar refractivity (Wildman–Crippen MR) is 105 cm³/mol. The second kappa shape index (κ2) is 6.91. The molecule has 1 aromatic heterocycles. The lowest BCUT2D eigenvalue weighted by Crippen LogP contribution is -2.27. The summed E-state index contributed by atoms with van der Waals surface area (Å²) in [6.45, 7) is 7.41. The monoisotopic (exact) mass is 365 g/mol. The van der Waals surface area contributed by atoms with Crippen LogP contribution in [0.15, 0.2) is 46.9 Å². The van der Waals surface area contributed by atoms with Gasteiger partial charge in [-0.1, -0.05) is 20.8 Å². The van der Waals surface area contributed by atoms with E-state index < -0.39 is 5.41 Å². The topological polar surface area (TPSA) is 68.5 Å². The molecule has 0 aliphatic heterocycles. The number of carbonyl (C=O) groups is 2. The number of hydrogen-bond acceptors (Lipinski definition) is 4. The molecule has 5 nitrogen and oxygen atoms in total. The molecule has 3 rings (SSSR count). The zero-order chi connectivity index (χ0) is 19.8. The highest BCUT2D eigenvalue weighted by atomic mass is 16.5. The highest BCUT2D eigenvalue weighted by Gasteiger charge is 2.23. The van der Waals surface area contributed by atoms with Crippen LogP contribution in [0.3, 0.4) is 0 Å². The molecule has 0 aliphatic rings. The first-order valence-corrected chi connectivity index (χ1v) is 8.74. The summed E-state index contributed by atoms with van der Waals surface area (Å²) < 4.78 is 11.0. The lowest BCUT2D eigenvalue weighted by molar-refractivity contribution is -0.123. The Bertz CT molecular complexity index is 1010. The number of nitrogens with one attached hydrogen (secondary N) is 1. The Morgan fingerprint density at radius 2 is 1.70 bits per heavy atom. The first-order chi connectivity index (χ1) is 12.7. The number of anilines is 1. The van der Waals surface area contributed by atoms with Crippen molar-refractivity contribution in [2.24, 2.45) is 5.41 Å². The Morgan fingerprint density at radius 3 is 2.30 bits per heavy atom. The van der Waals surface area contributed by atoms with Gasteiger partial charge in [0.1, 0.15) is 11.3 Å². The molecule has 0 bridgehead atoms. The van der Waals surface area contributed by atoms with Crippen molar-refractivity contribution in [3.63, 3.8) is 0 Å². The van der Waals surface area contributed by atoms with Crippen LogP contribution in [-0.4, -0.2) is 18.8 Å². The van der Waals surface area contributed by atoms with Gasteiger partial charge in [-0.05, 0) is 43.3 Å². The van der Waals surface area contributed by atoms with Crippen molar-refractivity contribution in [1.29, 1.82) is 0 Å². The minimum atomic E-state index is -0.496. The fraction of sp³-hybridized carbons (Fsp3) is 0.273. The second-order valence-corrected chi connectivity index (χ2v) is 7.53. The number of hydrogen-bond donors (Lipinski definition) is 1. The number of carbonyl (C=O) groups excluding carboxylic acids is 2. The lowest BCUT2D eigenvalue weighted by atomic mass is 9.95. The number of amides is 1. The summed E-state index contributed by atoms with van der Waals surface area (Å²) in [6, 6.07) is 12.3. The van der Waals surface area contributed by atoms with Crippen molar-refractivity contribution in [3.05, 3.63) is 59.4 Å². The average molecular weight is 365 g/mol. The molecule has 0 fully saturated rings. The van der Waals surface area contributed by atoms with Crippen molar-refractivity contribution in [2.75, 3.05) is 12.4 Å². The second-order valence-electron chi connectivity index (χ2n) is 7.53. The average Bonchev–Trinajstić information content (AvgIpc) is 2.96. The van der Waals surface area contributed by atoms with Crippen LogP contribution in [0.5, 0.6) is 5.75 Å². The van der Waals surface area contributed by atoms with E-state index in [2.05, 4.69) is 5.32 Å². The zero-order valence-electron chi connectivity index (χ0n) is 16.2. The number of benzene rings is 2. The van der Waals surface area contributed by atoms with E-state index in [0.717, 1.165) is 10.9 Å². The smallest absolute Gasteiger partial charge is 0.229 e. The van der Waals surface area contributed by atoms with Gasteiger partial charge in [0.2, 0.25) is 11.7 Å². The van der Waals surface area contributed by atoms with Gasteiger partial charge in [-0.3, -0.25) is 9.59 Å². The van der Waals surface area contributed by atoms with Crippen LogP contribution in [-0.2, 0) is 4.79 Å². The summed E-state index contributed by atoms with van der Waals surface area (Å²) in [6.07, 6.45) is 0. The Labute approximate surface area is 158 Å². The van der Waals surface area contributed by atoms with E-state index in [1.165, 1.54) is 0 Å². The van der Waals surface area contributed by atoms with Gasteiger partial charge in [0.15, 0.2) is 5.76 Å². The first-order valence-electron chi connectivity index (χ1n) is 8.74. The molecule has 0 atom stereocenters. The molecule has 0 radical (unpaired) electrons. The lowest BCUT2D eigenvalue weighted by Gasteiger charge is -2.17. The SMILES string of the molecule is COc1ccc(C(=O)c2oc3cc(NC(=O)C(C)(C)C)ccc3c2C)cc1. The van der Waals surface area contributed by atoms with E-state index in [1.54, 1.807) is 37.4 Å². The van der Waals surface area contributed by atoms with E-state index in [9.17, 15) is 9.59 Å². The highest BCUT2D eigenvalue weighted by Crippen LogP contribution is 2.30. The summed E-state index contributed by atoms with van der Waals surface area (Å²) in [5.41, 5.74) is 2.01. The Kier molecular flexibility index (Phi) is 4.79. The van der Waals surface area contributed by atoms with Gasteiger partial charge in [-0.2, -0.15) is 0 Å². The molecule has 2 aromatic carbocycles. The molecular formula is C22H23NO4.